The maximum absolute atomic E-state index is 11.8. The van der Waals surface area contributed by atoms with Gasteiger partial charge in [0.25, 0.3) is 0 Å². The second-order valence-electron chi connectivity index (χ2n) is 18.3. The molecule has 12 heteroatoms. The fourth-order valence-corrected chi connectivity index (χ4v) is 10.5. The molecule has 0 spiro atoms. The first kappa shape index (κ1) is 51.7. The minimum atomic E-state index is -1.83. The van der Waals surface area contributed by atoms with Gasteiger partial charge in [0.05, 0.1) is 64.4 Å². The molecule has 4 aliphatic heterocycles. The number of phenolic OH excluding ortho intramolecular Hbond substituents is 2. The zero-order chi connectivity index (χ0) is 43.0. The molecular weight excluding hydrogens is 836 g/mol. The molecule has 11 nitrogen and oxygen atoms in total. The van der Waals surface area contributed by atoms with E-state index in [1.165, 1.54) is 135 Å². The molecule has 1 radical (unpaired) electrons. The summed E-state index contributed by atoms with van der Waals surface area (Å²) in [6.07, 6.45) is 27.2. The van der Waals surface area contributed by atoms with Crippen molar-refractivity contribution >= 4 is 30.3 Å². The number of hydrogen-bond acceptors (Lipinski definition) is 7. The zero-order valence-electron chi connectivity index (χ0n) is 38.8. The van der Waals surface area contributed by atoms with Crippen molar-refractivity contribution in [1.29, 1.82) is 0 Å². The summed E-state index contributed by atoms with van der Waals surface area (Å²) in [6, 6.07) is 8.67. The van der Waals surface area contributed by atoms with Gasteiger partial charge in [-0.05, 0) is 145 Å². The van der Waals surface area contributed by atoms with Gasteiger partial charge in [-0.15, -0.1) is 0 Å². The van der Waals surface area contributed by atoms with E-state index in [-0.39, 0.29) is 36.3 Å². The number of aromatic hydroxyl groups is 2. The van der Waals surface area contributed by atoms with Crippen molar-refractivity contribution in [3.05, 3.63) is 65.1 Å². The number of aliphatic imine (C=N–C) groups is 2. The molecule has 0 amide bonds. The molecule has 63 heavy (non-hydrogen) atoms. The van der Waals surface area contributed by atoms with E-state index in [1.54, 1.807) is 11.7 Å². The fourth-order valence-electron chi connectivity index (χ4n) is 10.5. The van der Waals surface area contributed by atoms with Gasteiger partial charge in [0.1, 0.15) is 11.5 Å². The quantitative estimate of drug-likeness (QED) is 0.0605. The van der Waals surface area contributed by atoms with Gasteiger partial charge >= 0.3 is 6.16 Å². The zero-order valence-corrected chi connectivity index (χ0v) is 39.9. The molecule has 351 valence electrons. The molecule has 0 bridgehead atoms. The fraction of sp³-hybridized carbons (Fsp3) is 0.647. The first-order valence-electron chi connectivity index (χ1n) is 24.0. The normalized spacial score (nSPS) is 20.5. The third kappa shape index (κ3) is 15.6. The molecule has 4 N–H and O–H groups in total. The summed E-state index contributed by atoms with van der Waals surface area (Å²) in [4.78, 5) is 24.1. The molecule has 7 rings (SSSR count). The second kappa shape index (κ2) is 26.8. The molecular formula is C51H79CoN6O5+. The number of aryl methyl sites for hydroxylation is 4. The average Bonchev–Trinajstić information content (AvgIpc) is 3.65. The molecule has 2 atom stereocenters. The minimum Gasteiger partial charge on any atom is -0.507 e. The summed E-state index contributed by atoms with van der Waals surface area (Å²) >= 11 is 0. The van der Waals surface area contributed by atoms with Crippen molar-refractivity contribution in [2.75, 3.05) is 52.4 Å². The molecule has 2 aromatic carbocycles. The van der Waals surface area contributed by atoms with Gasteiger partial charge in [-0.3, -0.25) is 28.9 Å². The topological polar surface area (TPSA) is 135 Å². The van der Waals surface area contributed by atoms with Gasteiger partial charge in [-0.25, -0.2) is 4.79 Å². The van der Waals surface area contributed by atoms with Crippen LogP contribution in [0.4, 0.5) is 4.79 Å². The molecule has 5 aliphatic rings. The number of nitrogens with zero attached hydrogens (tertiary/aromatic N) is 6. The van der Waals surface area contributed by atoms with Gasteiger partial charge in [-0.2, -0.15) is 0 Å². The Kier molecular flexibility index (Phi) is 22.0. The molecule has 2 unspecified atom stereocenters. The first-order valence-corrected chi connectivity index (χ1v) is 24.0. The van der Waals surface area contributed by atoms with E-state index in [9.17, 15) is 10.2 Å². The monoisotopic (exact) mass is 915 g/mol. The maximum atomic E-state index is 11.8. The number of rotatable bonds is 15. The van der Waals surface area contributed by atoms with Crippen LogP contribution in [0.1, 0.15) is 155 Å². The summed E-state index contributed by atoms with van der Waals surface area (Å²) in [5.74, 6) is 3.96. The van der Waals surface area contributed by atoms with Crippen LogP contribution in [-0.2, 0) is 29.6 Å². The number of phenols is 2. The molecule has 0 saturated heterocycles. The number of carbonyl (C=O) groups is 1. The van der Waals surface area contributed by atoms with Gasteiger partial charge in [-0.1, -0.05) is 25.0 Å². The number of carboxylic acid groups (broad SMARTS) is 2. The van der Waals surface area contributed by atoms with Gasteiger partial charge < -0.3 is 27.9 Å². The van der Waals surface area contributed by atoms with Crippen molar-refractivity contribution in [2.24, 2.45) is 9.98 Å². The van der Waals surface area contributed by atoms with E-state index in [0.717, 1.165) is 85.7 Å². The molecule has 4 heterocycles. The van der Waals surface area contributed by atoms with Crippen LogP contribution in [0.3, 0.4) is 0 Å². The Morgan fingerprint density at radius 3 is 1.73 bits per heavy atom. The Morgan fingerprint density at radius 1 is 0.651 bits per heavy atom. The van der Waals surface area contributed by atoms with E-state index >= 15 is 0 Å². The van der Waals surface area contributed by atoms with E-state index in [4.69, 9.17) is 25.0 Å². The van der Waals surface area contributed by atoms with Crippen LogP contribution in [-0.4, -0.2) is 134 Å². The minimum absolute atomic E-state index is 0. The molecule has 0 aromatic heterocycles. The van der Waals surface area contributed by atoms with Crippen LogP contribution < -0.4 is 0 Å². The molecule has 1 aliphatic carbocycles. The predicted octanol–water partition coefficient (Wildman–Crippen LogP) is 9.65. The number of hydrogen-bond donors (Lipinski definition) is 4. The van der Waals surface area contributed by atoms with Crippen LogP contribution in [0.25, 0.3) is 0 Å². The van der Waals surface area contributed by atoms with E-state index in [0.29, 0.717) is 11.5 Å². The van der Waals surface area contributed by atoms with Crippen LogP contribution in [0.5, 0.6) is 11.5 Å². The van der Waals surface area contributed by atoms with Crippen LogP contribution >= 0.6 is 0 Å². The van der Waals surface area contributed by atoms with E-state index in [1.807, 2.05) is 31.5 Å². The smallest absolute Gasteiger partial charge is 0.503 e. The van der Waals surface area contributed by atoms with Crippen LogP contribution in [0.2, 0.25) is 0 Å². The number of amidine groups is 2. The summed E-state index contributed by atoms with van der Waals surface area (Å²) in [5.41, 5.74) is 6.06. The second-order valence-corrected chi connectivity index (χ2v) is 18.3. The van der Waals surface area contributed by atoms with E-state index in [2.05, 4.69) is 38.0 Å². The van der Waals surface area contributed by atoms with Crippen molar-refractivity contribution in [2.45, 2.75) is 161 Å². The number of benzene rings is 2. The Bertz CT molecular complexity index is 1890. The third-order valence-electron chi connectivity index (χ3n) is 13.6. The average molecular weight is 915 g/mol. The summed E-state index contributed by atoms with van der Waals surface area (Å²) in [5, 5.41) is 36.4. The Hall–Kier alpha value is -3.90. The summed E-state index contributed by atoms with van der Waals surface area (Å²) in [7, 11) is 0. The largest absolute Gasteiger partial charge is 0.507 e. The SMILES string of the molecule is Cc1cc(C)c(O)c(C=NC2CCCCC2N=Cc2cc(CCCCCN3CCC[N+]4=C3CCCCC4)cc(CCCCN3CCC[N+]4=C3CCCCC4)c2O)c1.O=C(O)O.[CH3-].[Co]. The van der Waals surface area contributed by atoms with E-state index < -0.39 is 6.16 Å². The molecule has 1 fully saturated rings. The van der Waals surface area contributed by atoms with Crippen molar-refractivity contribution < 1.29 is 51.2 Å². The number of unbranched alkanes of at least 4 members (excludes halogenated alkanes) is 3. The predicted molar refractivity (Wildman–Crippen MR) is 254 cm³/mol. The standard InChI is InChI=1S/C49H72N6O2.CH2O3.CH3.Co/c1-38-32-39(2)48(56)42(33-38)36-50-44-20-9-10-21-45(44)51-37-43-35-40(18-6-3-12-24-52-28-16-29-53-25-13-4-7-22-46(52)53)34-41(49(43)57)19-11-15-27-55-31-17-30-54-26-14-5-8-23-47(54)55;2-1(3)4;;/h32-37,44-45H,3-31H2,1-2H3;(H2,2,3,4);1H3;/q;;-1;/p+2. The Morgan fingerprint density at radius 2 is 1.16 bits per heavy atom. The third-order valence-corrected chi connectivity index (χ3v) is 13.6. The summed E-state index contributed by atoms with van der Waals surface area (Å²) < 4.78 is 5.36. The van der Waals surface area contributed by atoms with Crippen molar-refractivity contribution in [3.8, 4) is 11.5 Å². The van der Waals surface area contributed by atoms with Crippen LogP contribution in [0.15, 0.2) is 34.3 Å². The van der Waals surface area contributed by atoms with Crippen LogP contribution in [0, 0.1) is 21.3 Å². The summed E-state index contributed by atoms with van der Waals surface area (Å²) in [6.45, 7) is 13.7. The van der Waals surface area contributed by atoms with Gasteiger partial charge in [0.15, 0.2) is 0 Å². The molecule has 2 aromatic rings. The maximum Gasteiger partial charge on any atom is 0.503 e. The Labute approximate surface area is 389 Å². The molecule has 1 saturated carbocycles. The van der Waals surface area contributed by atoms with Gasteiger partial charge in [0, 0.05) is 66.0 Å². The first-order chi connectivity index (χ1) is 29.7. The van der Waals surface area contributed by atoms with Crippen molar-refractivity contribution in [3.63, 3.8) is 0 Å². The van der Waals surface area contributed by atoms with Crippen molar-refractivity contribution in [1.82, 2.24) is 9.80 Å². The Balaban J connectivity index is 0.00000139. The van der Waals surface area contributed by atoms with Gasteiger partial charge in [0.2, 0.25) is 11.7 Å².